The first-order valence-electron chi connectivity index (χ1n) is 5.90. The molecule has 0 aliphatic carbocycles. The molecule has 1 aliphatic heterocycles. The van der Waals surface area contributed by atoms with Crippen LogP contribution in [0.2, 0.25) is 0 Å². The predicted octanol–water partition coefficient (Wildman–Crippen LogP) is 3.98. The molecule has 0 fully saturated rings. The van der Waals surface area contributed by atoms with Crippen LogP contribution in [-0.2, 0) is 13.1 Å². The van der Waals surface area contributed by atoms with Gasteiger partial charge in [-0.3, -0.25) is 0 Å². The number of fused-ring (bicyclic) bond motifs is 1. The van der Waals surface area contributed by atoms with Crippen molar-refractivity contribution >= 4 is 21.6 Å². The number of halogens is 2. The number of hydrogen-bond acceptors (Lipinski definition) is 2. The standard InChI is InChI=1S/C15H10BrFN2/c16-14-10(7-18)5-6-13(15(14)17)19-8-11-3-1-2-4-12(11)9-19/h1-6H,8-9H2. The molecule has 2 aromatic carbocycles. The average molecular weight is 317 g/mol. The summed E-state index contributed by atoms with van der Waals surface area (Å²) >= 11 is 3.15. The number of nitriles is 1. The molecule has 0 aromatic heterocycles. The Balaban J connectivity index is 1.99. The summed E-state index contributed by atoms with van der Waals surface area (Å²) in [5.41, 5.74) is 3.30. The van der Waals surface area contributed by atoms with E-state index in [4.69, 9.17) is 5.26 Å². The fourth-order valence-corrected chi connectivity index (χ4v) is 2.80. The van der Waals surface area contributed by atoms with Crippen LogP contribution in [0.5, 0.6) is 0 Å². The second-order valence-electron chi connectivity index (χ2n) is 4.50. The Morgan fingerprint density at radius 2 is 1.74 bits per heavy atom. The van der Waals surface area contributed by atoms with E-state index in [1.807, 2.05) is 23.1 Å². The van der Waals surface area contributed by atoms with Gasteiger partial charge in [0.1, 0.15) is 6.07 Å². The van der Waals surface area contributed by atoms with Gasteiger partial charge in [-0.25, -0.2) is 4.39 Å². The van der Waals surface area contributed by atoms with Gasteiger partial charge in [0.2, 0.25) is 0 Å². The van der Waals surface area contributed by atoms with E-state index in [0.717, 1.165) is 0 Å². The van der Waals surface area contributed by atoms with Gasteiger partial charge in [-0.05, 0) is 39.2 Å². The van der Waals surface area contributed by atoms with Gasteiger partial charge in [-0.15, -0.1) is 0 Å². The van der Waals surface area contributed by atoms with E-state index in [1.54, 1.807) is 12.1 Å². The molecule has 2 nitrogen and oxygen atoms in total. The SMILES string of the molecule is N#Cc1ccc(N2Cc3ccccc3C2)c(F)c1Br. The number of benzene rings is 2. The summed E-state index contributed by atoms with van der Waals surface area (Å²) < 4.78 is 14.5. The maximum Gasteiger partial charge on any atom is 0.162 e. The average Bonchev–Trinajstić information content (AvgIpc) is 2.85. The van der Waals surface area contributed by atoms with E-state index in [0.29, 0.717) is 24.3 Å². The molecule has 1 aliphatic rings. The van der Waals surface area contributed by atoms with Gasteiger partial charge in [0.05, 0.1) is 15.7 Å². The molecule has 1 heterocycles. The van der Waals surface area contributed by atoms with E-state index in [9.17, 15) is 4.39 Å². The van der Waals surface area contributed by atoms with Crippen LogP contribution in [0.1, 0.15) is 16.7 Å². The van der Waals surface area contributed by atoms with Gasteiger partial charge in [-0.1, -0.05) is 24.3 Å². The highest BCUT2D eigenvalue weighted by Crippen LogP contribution is 2.34. The molecule has 0 saturated carbocycles. The van der Waals surface area contributed by atoms with Crippen LogP contribution in [0, 0.1) is 17.1 Å². The molecule has 0 amide bonds. The monoisotopic (exact) mass is 316 g/mol. The minimum Gasteiger partial charge on any atom is -0.360 e. The van der Waals surface area contributed by atoms with E-state index in [2.05, 4.69) is 28.1 Å². The first-order valence-corrected chi connectivity index (χ1v) is 6.70. The topological polar surface area (TPSA) is 27.0 Å². The first-order chi connectivity index (χ1) is 9.20. The first kappa shape index (κ1) is 12.2. The number of rotatable bonds is 1. The van der Waals surface area contributed by atoms with Gasteiger partial charge in [0.25, 0.3) is 0 Å². The zero-order valence-electron chi connectivity index (χ0n) is 10.0. The fraction of sp³-hybridized carbons (Fsp3) is 0.133. The molecule has 0 atom stereocenters. The molecular formula is C15H10BrFN2. The summed E-state index contributed by atoms with van der Waals surface area (Å²) in [5, 5.41) is 8.88. The quantitative estimate of drug-likeness (QED) is 0.795. The van der Waals surface area contributed by atoms with Crippen molar-refractivity contribution in [3.05, 3.63) is 63.4 Å². The van der Waals surface area contributed by atoms with Crippen molar-refractivity contribution < 1.29 is 4.39 Å². The molecule has 3 rings (SSSR count). The third kappa shape index (κ3) is 2.00. The minimum absolute atomic E-state index is 0.239. The summed E-state index contributed by atoms with van der Waals surface area (Å²) in [6, 6.07) is 13.4. The number of anilines is 1. The zero-order valence-corrected chi connectivity index (χ0v) is 11.6. The van der Waals surface area contributed by atoms with Gasteiger partial charge in [0.15, 0.2) is 5.82 Å². The van der Waals surface area contributed by atoms with Gasteiger partial charge in [-0.2, -0.15) is 5.26 Å². The fourth-order valence-electron chi connectivity index (χ4n) is 2.37. The lowest BCUT2D eigenvalue weighted by molar-refractivity contribution is 0.612. The van der Waals surface area contributed by atoms with Gasteiger partial charge >= 0.3 is 0 Å². The summed E-state index contributed by atoms with van der Waals surface area (Å²) in [5.74, 6) is -0.369. The lowest BCUT2D eigenvalue weighted by atomic mass is 10.1. The number of nitrogens with zero attached hydrogens (tertiary/aromatic N) is 2. The lowest BCUT2D eigenvalue weighted by Crippen LogP contribution is -2.16. The highest BCUT2D eigenvalue weighted by molar-refractivity contribution is 9.10. The van der Waals surface area contributed by atoms with Gasteiger partial charge < -0.3 is 4.90 Å². The minimum atomic E-state index is -0.369. The molecule has 4 heteroatoms. The predicted molar refractivity (Wildman–Crippen MR) is 75.1 cm³/mol. The molecule has 0 spiro atoms. The molecule has 2 aromatic rings. The lowest BCUT2D eigenvalue weighted by Gasteiger charge is -2.19. The normalized spacial score (nSPS) is 13.2. The van der Waals surface area contributed by atoms with E-state index < -0.39 is 0 Å². The van der Waals surface area contributed by atoms with Crippen LogP contribution in [0.3, 0.4) is 0 Å². The van der Waals surface area contributed by atoms with Crippen molar-refractivity contribution in [1.29, 1.82) is 5.26 Å². The second kappa shape index (κ2) is 4.67. The Morgan fingerprint density at radius 3 is 2.32 bits per heavy atom. The van der Waals surface area contributed by atoms with E-state index in [1.165, 1.54) is 11.1 Å². The van der Waals surface area contributed by atoms with Crippen molar-refractivity contribution in [2.24, 2.45) is 0 Å². The Labute approximate surface area is 119 Å². The Morgan fingerprint density at radius 1 is 1.11 bits per heavy atom. The summed E-state index contributed by atoms with van der Waals surface area (Å²) in [6.45, 7) is 1.40. The zero-order chi connectivity index (χ0) is 13.4. The smallest absolute Gasteiger partial charge is 0.162 e. The summed E-state index contributed by atoms with van der Waals surface area (Å²) in [7, 11) is 0. The second-order valence-corrected chi connectivity index (χ2v) is 5.29. The Bertz CT molecular complexity index is 666. The molecule has 19 heavy (non-hydrogen) atoms. The largest absolute Gasteiger partial charge is 0.360 e. The van der Waals surface area contributed by atoms with Crippen LogP contribution in [0.25, 0.3) is 0 Å². The van der Waals surface area contributed by atoms with Crippen molar-refractivity contribution in [3.63, 3.8) is 0 Å². The highest BCUT2D eigenvalue weighted by atomic mass is 79.9. The van der Waals surface area contributed by atoms with E-state index in [-0.39, 0.29) is 10.3 Å². The third-order valence-electron chi connectivity index (χ3n) is 3.36. The summed E-state index contributed by atoms with van der Waals surface area (Å²) in [6.07, 6.45) is 0. The van der Waals surface area contributed by atoms with Crippen LogP contribution >= 0.6 is 15.9 Å². The highest BCUT2D eigenvalue weighted by Gasteiger charge is 2.22. The van der Waals surface area contributed by atoms with Crippen LogP contribution < -0.4 is 4.90 Å². The summed E-state index contributed by atoms with van der Waals surface area (Å²) in [4.78, 5) is 1.98. The van der Waals surface area contributed by atoms with Crippen molar-refractivity contribution in [1.82, 2.24) is 0 Å². The van der Waals surface area contributed by atoms with Crippen molar-refractivity contribution in [3.8, 4) is 6.07 Å². The third-order valence-corrected chi connectivity index (χ3v) is 4.14. The maximum absolute atomic E-state index is 14.3. The van der Waals surface area contributed by atoms with Gasteiger partial charge in [0, 0.05) is 13.1 Å². The van der Waals surface area contributed by atoms with Crippen LogP contribution in [-0.4, -0.2) is 0 Å². The van der Waals surface area contributed by atoms with Crippen LogP contribution in [0.4, 0.5) is 10.1 Å². The molecule has 0 radical (unpaired) electrons. The Hall–Kier alpha value is -1.86. The molecule has 0 unspecified atom stereocenters. The van der Waals surface area contributed by atoms with Crippen molar-refractivity contribution in [2.75, 3.05) is 4.90 Å². The molecular weight excluding hydrogens is 307 g/mol. The molecule has 94 valence electrons. The van der Waals surface area contributed by atoms with Crippen molar-refractivity contribution in [2.45, 2.75) is 13.1 Å². The molecule has 0 N–H and O–H groups in total. The maximum atomic E-state index is 14.3. The number of hydrogen-bond donors (Lipinski definition) is 0. The van der Waals surface area contributed by atoms with Crippen LogP contribution in [0.15, 0.2) is 40.9 Å². The Kier molecular flexibility index (Phi) is 3.00. The molecule has 0 bridgehead atoms. The van der Waals surface area contributed by atoms with E-state index >= 15 is 0 Å². The molecule has 0 saturated heterocycles.